The fourth-order valence-electron chi connectivity index (χ4n) is 0.696. The van der Waals surface area contributed by atoms with Gasteiger partial charge in [-0.2, -0.15) is 0 Å². The molecule has 4 heteroatoms. The van der Waals surface area contributed by atoms with E-state index in [0.717, 1.165) is 0 Å². The highest BCUT2D eigenvalue weighted by molar-refractivity contribution is 5.86. The SMILES string of the molecule is CCOC(=O)C1=CC=COCO1. The molecular formula is C8H10O4. The summed E-state index contributed by atoms with van der Waals surface area (Å²) in [6, 6.07) is 0. The molecule has 1 aliphatic heterocycles. The number of esters is 1. The number of ether oxygens (including phenoxy) is 3. The summed E-state index contributed by atoms with van der Waals surface area (Å²) in [5.74, 6) is -0.293. The monoisotopic (exact) mass is 170 g/mol. The van der Waals surface area contributed by atoms with Crippen LogP contribution in [-0.4, -0.2) is 19.4 Å². The second-order valence-electron chi connectivity index (χ2n) is 2.01. The summed E-state index contributed by atoms with van der Waals surface area (Å²) in [6.45, 7) is 2.12. The van der Waals surface area contributed by atoms with E-state index in [1.54, 1.807) is 13.0 Å². The van der Waals surface area contributed by atoms with Crippen LogP contribution in [0.3, 0.4) is 0 Å². The third kappa shape index (κ3) is 2.30. The first-order valence-electron chi connectivity index (χ1n) is 3.63. The minimum absolute atomic E-state index is 0.0428. The van der Waals surface area contributed by atoms with Crippen LogP contribution in [0.25, 0.3) is 0 Å². The van der Waals surface area contributed by atoms with Gasteiger partial charge < -0.3 is 14.2 Å². The lowest BCUT2D eigenvalue weighted by Crippen LogP contribution is -2.10. The Kier molecular flexibility index (Phi) is 3.19. The summed E-state index contributed by atoms with van der Waals surface area (Å²) in [5.41, 5.74) is 0. The van der Waals surface area contributed by atoms with Gasteiger partial charge in [0.25, 0.3) is 0 Å². The quantitative estimate of drug-likeness (QED) is 0.579. The highest BCUT2D eigenvalue weighted by atomic mass is 16.7. The molecule has 0 bridgehead atoms. The normalized spacial score (nSPS) is 15.2. The van der Waals surface area contributed by atoms with Gasteiger partial charge in [0.15, 0.2) is 0 Å². The second-order valence-corrected chi connectivity index (χ2v) is 2.01. The van der Waals surface area contributed by atoms with E-state index in [1.807, 2.05) is 0 Å². The Bertz CT molecular complexity index is 217. The Morgan fingerprint density at radius 2 is 2.58 bits per heavy atom. The van der Waals surface area contributed by atoms with Crippen LogP contribution < -0.4 is 0 Å². The molecule has 66 valence electrons. The lowest BCUT2D eigenvalue weighted by molar-refractivity contribution is -0.144. The first-order valence-corrected chi connectivity index (χ1v) is 3.63. The smallest absolute Gasteiger partial charge is 0.373 e. The molecule has 4 nitrogen and oxygen atoms in total. The Morgan fingerprint density at radius 3 is 3.33 bits per heavy atom. The predicted octanol–water partition coefficient (Wildman–Crippen LogP) is 0.951. The molecule has 1 aliphatic rings. The van der Waals surface area contributed by atoms with Crippen molar-refractivity contribution in [3.05, 3.63) is 24.2 Å². The van der Waals surface area contributed by atoms with E-state index in [0.29, 0.717) is 6.61 Å². The van der Waals surface area contributed by atoms with Gasteiger partial charge in [-0.3, -0.25) is 0 Å². The molecule has 0 saturated heterocycles. The van der Waals surface area contributed by atoms with Gasteiger partial charge in [0.1, 0.15) is 0 Å². The van der Waals surface area contributed by atoms with Gasteiger partial charge in [-0.05, 0) is 19.1 Å². The van der Waals surface area contributed by atoms with Crippen molar-refractivity contribution in [1.82, 2.24) is 0 Å². The Hall–Kier alpha value is -1.45. The van der Waals surface area contributed by atoms with Crippen molar-refractivity contribution in [1.29, 1.82) is 0 Å². The average Bonchev–Trinajstić information content (AvgIpc) is 2.32. The van der Waals surface area contributed by atoms with Crippen molar-refractivity contribution >= 4 is 5.97 Å². The zero-order valence-electron chi connectivity index (χ0n) is 6.78. The van der Waals surface area contributed by atoms with E-state index in [-0.39, 0.29) is 12.6 Å². The number of rotatable bonds is 2. The van der Waals surface area contributed by atoms with Gasteiger partial charge in [0, 0.05) is 0 Å². The molecule has 0 radical (unpaired) electrons. The molecule has 0 unspecified atom stereocenters. The topological polar surface area (TPSA) is 44.8 Å². The lowest BCUT2D eigenvalue weighted by Gasteiger charge is -2.05. The van der Waals surface area contributed by atoms with Crippen molar-refractivity contribution in [2.45, 2.75) is 6.92 Å². The third-order valence-electron chi connectivity index (χ3n) is 1.18. The maximum absolute atomic E-state index is 11.0. The third-order valence-corrected chi connectivity index (χ3v) is 1.18. The van der Waals surface area contributed by atoms with Crippen LogP contribution in [0.15, 0.2) is 24.2 Å². The number of hydrogen-bond donors (Lipinski definition) is 0. The molecule has 0 amide bonds. The van der Waals surface area contributed by atoms with Crippen molar-refractivity contribution in [2.24, 2.45) is 0 Å². The van der Waals surface area contributed by atoms with Crippen LogP contribution in [0.4, 0.5) is 0 Å². The first-order chi connectivity index (χ1) is 5.84. The van der Waals surface area contributed by atoms with Crippen LogP contribution in [0.2, 0.25) is 0 Å². The molecule has 0 aromatic heterocycles. The molecule has 1 rings (SSSR count). The second kappa shape index (κ2) is 4.43. The summed E-state index contributed by atoms with van der Waals surface area (Å²) < 4.78 is 14.4. The van der Waals surface area contributed by atoms with E-state index in [2.05, 4.69) is 0 Å². The zero-order valence-corrected chi connectivity index (χ0v) is 6.78. The van der Waals surface area contributed by atoms with E-state index in [1.165, 1.54) is 12.3 Å². The van der Waals surface area contributed by atoms with Crippen LogP contribution >= 0.6 is 0 Å². The van der Waals surface area contributed by atoms with Crippen molar-refractivity contribution in [3.63, 3.8) is 0 Å². The predicted molar refractivity (Wildman–Crippen MR) is 40.9 cm³/mol. The van der Waals surface area contributed by atoms with Crippen molar-refractivity contribution in [3.8, 4) is 0 Å². The zero-order chi connectivity index (χ0) is 8.81. The Morgan fingerprint density at radius 1 is 1.75 bits per heavy atom. The molecular weight excluding hydrogens is 160 g/mol. The van der Waals surface area contributed by atoms with Gasteiger partial charge in [0.05, 0.1) is 12.9 Å². The van der Waals surface area contributed by atoms with Gasteiger partial charge >= 0.3 is 5.97 Å². The Balaban J connectivity index is 2.54. The largest absolute Gasteiger partial charge is 0.465 e. The van der Waals surface area contributed by atoms with Crippen LogP contribution in [0, 0.1) is 0 Å². The lowest BCUT2D eigenvalue weighted by atomic mass is 10.4. The highest BCUT2D eigenvalue weighted by Crippen LogP contribution is 2.04. The summed E-state index contributed by atoms with van der Waals surface area (Å²) in [5, 5.41) is 0. The van der Waals surface area contributed by atoms with Crippen molar-refractivity contribution in [2.75, 3.05) is 13.4 Å². The number of carbonyl (C=O) groups is 1. The summed E-state index contributed by atoms with van der Waals surface area (Å²) in [4.78, 5) is 11.0. The standard InChI is InChI=1S/C8H10O4/c1-2-11-8(9)7-4-3-5-10-6-12-7/h3-5H,2,6H2,1H3. The van der Waals surface area contributed by atoms with E-state index in [4.69, 9.17) is 14.2 Å². The molecule has 0 spiro atoms. The highest BCUT2D eigenvalue weighted by Gasteiger charge is 2.11. The number of hydrogen-bond acceptors (Lipinski definition) is 4. The van der Waals surface area contributed by atoms with Crippen LogP contribution in [0.1, 0.15) is 6.92 Å². The summed E-state index contributed by atoms with van der Waals surface area (Å²) in [6.07, 6.45) is 4.54. The minimum atomic E-state index is -0.465. The van der Waals surface area contributed by atoms with E-state index in [9.17, 15) is 4.79 Å². The molecule has 0 aromatic rings. The maximum Gasteiger partial charge on any atom is 0.373 e. The molecule has 0 aliphatic carbocycles. The molecule has 0 atom stereocenters. The molecule has 0 fully saturated rings. The average molecular weight is 170 g/mol. The Labute approximate surface area is 70.4 Å². The summed E-state index contributed by atoms with van der Waals surface area (Å²) >= 11 is 0. The molecule has 12 heavy (non-hydrogen) atoms. The van der Waals surface area contributed by atoms with Gasteiger partial charge in [-0.25, -0.2) is 4.79 Å². The molecule has 0 aromatic carbocycles. The molecule has 0 N–H and O–H groups in total. The fraction of sp³-hybridized carbons (Fsp3) is 0.375. The van der Waals surface area contributed by atoms with Gasteiger partial charge in [-0.15, -0.1) is 0 Å². The maximum atomic E-state index is 11.0. The molecule has 1 heterocycles. The van der Waals surface area contributed by atoms with Gasteiger partial charge in [0.2, 0.25) is 12.6 Å². The van der Waals surface area contributed by atoms with Crippen LogP contribution in [-0.2, 0) is 19.0 Å². The van der Waals surface area contributed by atoms with E-state index >= 15 is 0 Å². The van der Waals surface area contributed by atoms with Gasteiger partial charge in [-0.1, -0.05) is 0 Å². The number of allylic oxidation sites excluding steroid dienone is 2. The minimum Gasteiger partial charge on any atom is -0.465 e. The molecule has 0 saturated carbocycles. The van der Waals surface area contributed by atoms with E-state index < -0.39 is 5.97 Å². The number of carbonyl (C=O) groups excluding carboxylic acids is 1. The summed E-state index contributed by atoms with van der Waals surface area (Å²) in [7, 11) is 0. The van der Waals surface area contributed by atoms with Crippen LogP contribution in [0.5, 0.6) is 0 Å². The fourth-order valence-corrected chi connectivity index (χ4v) is 0.696. The first kappa shape index (κ1) is 8.64. The van der Waals surface area contributed by atoms with Crippen molar-refractivity contribution < 1.29 is 19.0 Å².